The van der Waals surface area contributed by atoms with Crippen LogP contribution in [0.4, 0.5) is 37.7 Å². The molecule has 0 atom stereocenters. The van der Waals surface area contributed by atoms with Crippen molar-refractivity contribution in [2.45, 2.75) is 17.8 Å². The number of allylic oxidation sites excluding steroid dienone is 2. The van der Waals surface area contributed by atoms with Crippen LogP contribution in [0.5, 0.6) is 0 Å². The first-order valence-corrected chi connectivity index (χ1v) is 8.76. The fraction of sp³-hybridized carbons (Fsp3) is 0.333. The highest BCUT2D eigenvalue weighted by atomic mass is 19.3. The molecule has 0 saturated heterocycles. The van der Waals surface area contributed by atoms with E-state index in [1.165, 1.54) is 24.3 Å². The Labute approximate surface area is 165 Å². The van der Waals surface area contributed by atoms with Gasteiger partial charge in [0.15, 0.2) is 0 Å². The van der Waals surface area contributed by atoms with Crippen molar-refractivity contribution in [3.8, 4) is 0 Å². The van der Waals surface area contributed by atoms with E-state index in [9.17, 15) is 26.3 Å². The van der Waals surface area contributed by atoms with Crippen molar-refractivity contribution in [3.63, 3.8) is 0 Å². The molecule has 2 nitrogen and oxygen atoms in total. The zero-order chi connectivity index (χ0) is 21.8. The van der Waals surface area contributed by atoms with Gasteiger partial charge in [0.1, 0.15) is 0 Å². The zero-order valence-electron chi connectivity index (χ0n) is 16.3. The first-order chi connectivity index (χ1) is 13.3. The molecular weight excluding hydrogens is 394 g/mol. The summed E-state index contributed by atoms with van der Waals surface area (Å²) >= 11 is 0. The molecule has 0 spiro atoms. The van der Waals surface area contributed by atoms with Crippen LogP contribution in [0.3, 0.4) is 0 Å². The summed E-state index contributed by atoms with van der Waals surface area (Å²) in [5.74, 6) is -15.6. The van der Waals surface area contributed by atoms with Crippen molar-refractivity contribution in [2.24, 2.45) is 0 Å². The van der Waals surface area contributed by atoms with Crippen LogP contribution < -0.4 is 9.80 Å². The summed E-state index contributed by atoms with van der Waals surface area (Å²) in [5, 5.41) is 0. The van der Waals surface area contributed by atoms with Gasteiger partial charge >= 0.3 is 17.8 Å². The molecule has 1 aliphatic carbocycles. The lowest BCUT2D eigenvalue weighted by Crippen LogP contribution is -2.48. The van der Waals surface area contributed by atoms with Crippen molar-refractivity contribution in [3.05, 3.63) is 59.7 Å². The van der Waals surface area contributed by atoms with Crippen LogP contribution in [-0.4, -0.2) is 46.0 Å². The Bertz CT molecular complexity index is 853. The Kier molecular flexibility index (Phi) is 4.88. The normalized spacial score (nSPS) is 19.4. The first-order valence-electron chi connectivity index (χ1n) is 8.76. The molecule has 156 valence electrons. The quantitative estimate of drug-likeness (QED) is 0.597. The monoisotopic (exact) mass is 414 g/mol. The van der Waals surface area contributed by atoms with Crippen LogP contribution in [0.15, 0.2) is 48.5 Å². The van der Waals surface area contributed by atoms with Crippen LogP contribution in [0.25, 0.3) is 11.1 Å². The maximum Gasteiger partial charge on any atom is 0.380 e. The maximum absolute atomic E-state index is 14.7. The lowest BCUT2D eigenvalue weighted by Gasteiger charge is -2.26. The van der Waals surface area contributed by atoms with Gasteiger partial charge < -0.3 is 9.80 Å². The van der Waals surface area contributed by atoms with Gasteiger partial charge in [-0.3, -0.25) is 0 Å². The fourth-order valence-corrected chi connectivity index (χ4v) is 3.33. The first kappa shape index (κ1) is 21.1. The van der Waals surface area contributed by atoms with Crippen LogP contribution in [-0.2, 0) is 0 Å². The molecule has 0 aromatic heterocycles. The van der Waals surface area contributed by atoms with Crippen LogP contribution >= 0.6 is 0 Å². The highest BCUT2D eigenvalue weighted by Gasteiger charge is 2.80. The SMILES string of the molecule is CN(C)c1ccc(C2=C(c3ccc(N(C)C)cc3)C(F)(F)C(F)(F)C2(F)F)cc1. The number of alkyl halides is 6. The number of nitrogens with zero attached hydrogens (tertiary/aromatic N) is 2. The molecule has 3 rings (SSSR count). The third kappa shape index (κ3) is 3.05. The Hall–Kier alpha value is -2.64. The third-order valence-electron chi connectivity index (χ3n) is 5.01. The molecule has 0 amide bonds. The van der Waals surface area contributed by atoms with Gasteiger partial charge in [0.05, 0.1) is 0 Å². The van der Waals surface area contributed by atoms with Gasteiger partial charge in [-0.05, 0) is 35.4 Å². The molecule has 2 aromatic carbocycles. The highest BCUT2D eigenvalue weighted by molar-refractivity contribution is 6.01. The average molecular weight is 414 g/mol. The van der Waals surface area contributed by atoms with E-state index in [2.05, 4.69) is 0 Å². The van der Waals surface area contributed by atoms with Gasteiger partial charge in [0, 0.05) is 50.7 Å². The van der Waals surface area contributed by atoms with E-state index < -0.39 is 28.9 Å². The fourth-order valence-electron chi connectivity index (χ4n) is 3.33. The average Bonchev–Trinajstić information content (AvgIpc) is 2.75. The number of rotatable bonds is 4. The van der Waals surface area contributed by atoms with E-state index in [4.69, 9.17) is 0 Å². The topological polar surface area (TPSA) is 6.48 Å². The van der Waals surface area contributed by atoms with Gasteiger partial charge in [-0.15, -0.1) is 0 Å². The summed E-state index contributed by atoms with van der Waals surface area (Å²) in [6, 6.07) is 10.3. The predicted molar refractivity (Wildman–Crippen MR) is 103 cm³/mol. The van der Waals surface area contributed by atoms with Crippen molar-refractivity contribution < 1.29 is 26.3 Å². The van der Waals surface area contributed by atoms with E-state index in [0.29, 0.717) is 11.4 Å². The molecule has 29 heavy (non-hydrogen) atoms. The minimum atomic E-state index is -5.55. The molecule has 0 aliphatic heterocycles. The van der Waals surface area contributed by atoms with Crippen molar-refractivity contribution >= 4 is 22.5 Å². The zero-order valence-corrected chi connectivity index (χ0v) is 16.3. The van der Waals surface area contributed by atoms with Gasteiger partial charge in [0.2, 0.25) is 0 Å². The highest BCUT2D eigenvalue weighted by Crippen LogP contribution is 2.64. The molecule has 2 aromatic rings. The minimum absolute atomic E-state index is 0.371. The molecule has 0 unspecified atom stereocenters. The Morgan fingerprint density at radius 1 is 0.517 bits per heavy atom. The number of halogens is 6. The van der Waals surface area contributed by atoms with Crippen molar-refractivity contribution in [1.82, 2.24) is 0 Å². The molecule has 0 saturated carbocycles. The lowest BCUT2D eigenvalue weighted by molar-refractivity contribution is -0.254. The van der Waals surface area contributed by atoms with Crippen LogP contribution in [0, 0.1) is 0 Å². The number of hydrogen-bond acceptors (Lipinski definition) is 2. The van der Waals surface area contributed by atoms with Crippen molar-refractivity contribution in [1.29, 1.82) is 0 Å². The molecule has 0 radical (unpaired) electrons. The van der Waals surface area contributed by atoms with E-state index in [-0.39, 0.29) is 11.1 Å². The molecule has 8 heteroatoms. The summed E-state index contributed by atoms with van der Waals surface area (Å²) in [6.07, 6.45) is 0. The molecule has 0 bridgehead atoms. The van der Waals surface area contributed by atoms with Gasteiger partial charge in [-0.2, -0.15) is 26.3 Å². The molecule has 0 heterocycles. The minimum Gasteiger partial charge on any atom is -0.378 e. The van der Waals surface area contributed by atoms with Crippen molar-refractivity contribution in [2.75, 3.05) is 38.0 Å². The van der Waals surface area contributed by atoms with Crippen LogP contribution in [0.1, 0.15) is 11.1 Å². The summed E-state index contributed by atoms with van der Waals surface area (Å²) in [4.78, 5) is 3.35. The summed E-state index contributed by atoms with van der Waals surface area (Å²) in [6.45, 7) is 0. The lowest BCUT2D eigenvalue weighted by atomic mass is 9.94. The molecule has 0 fully saturated rings. The smallest absolute Gasteiger partial charge is 0.378 e. The maximum atomic E-state index is 14.7. The molecule has 0 N–H and O–H groups in total. The second-order valence-corrected chi connectivity index (χ2v) is 7.36. The van der Waals surface area contributed by atoms with E-state index >= 15 is 0 Å². The predicted octanol–water partition coefficient (Wildman–Crippen LogP) is 5.65. The Morgan fingerprint density at radius 2 is 0.793 bits per heavy atom. The van der Waals surface area contributed by atoms with Crippen LogP contribution in [0.2, 0.25) is 0 Å². The second kappa shape index (κ2) is 6.71. The summed E-state index contributed by atoms with van der Waals surface area (Å²) in [5.41, 5.74) is -2.21. The molecular formula is C21H20F6N2. The largest absolute Gasteiger partial charge is 0.380 e. The number of hydrogen-bond donors (Lipinski definition) is 0. The summed E-state index contributed by atoms with van der Waals surface area (Å²) in [7, 11) is 6.83. The second-order valence-electron chi connectivity index (χ2n) is 7.36. The summed E-state index contributed by atoms with van der Waals surface area (Å²) < 4.78 is 87.1. The molecule has 1 aliphatic rings. The van der Waals surface area contributed by atoms with Gasteiger partial charge in [-0.1, -0.05) is 24.3 Å². The number of anilines is 2. The van der Waals surface area contributed by atoms with E-state index in [1.807, 2.05) is 0 Å². The Morgan fingerprint density at radius 3 is 1.03 bits per heavy atom. The third-order valence-corrected chi connectivity index (χ3v) is 5.01. The standard InChI is InChI=1S/C21H20F6N2/c1-28(2)15-9-5-13(6-10-15)17-18(14-7-11-16(12-8-14)29(3)4)20(24,25)21(26,27)19(17,22)23/h5-12H,1-4H3. The van der Waals surface area contributed by atoms with Gasteiger partial charge in [0.25, 0.3) is 0 Å². The van der Waals surface area contributed by atoms with E-state index in [0.717, 1.165) is 24.3 Å². The van der Waals surface area contributed by atoms with Gasteiger partial charge in [-0.25, -0.2) is 0 Å². The number of benzene rings is 2. The Balaban J connectivity index is 2.28. The van der Waals surface area contributed by atoms with E-state index in [1.54, 1.807) is 38.0 Å².